The van der Waals surface area contributed by atoms with Crippen molar-refractivity contribution in [1.82, 2.24) is 10.3 Å². The van der Waals surface area contributed by atoms with Gasteiger partial charge in [0.05, 0.1) is 10.2 Å². The van der Waals surface area contributed by atoms with Gasteiger partial charge in [0.2, 0.25) is 5.91 Å². The summed E-state index contributed by atoms with van der Waals surface area (Å²) in [6.07, 6.45) is 0.318. The Balaban J connectivity index is 1.45. The van der Waals surface area contributed by atoms with Crippen LogP contribution in [-0.2, 0) is 11.3 Å². The summed E-state index contributed by atoms with van der Waals surface area (Å²) < 4.78 is 28.2. The molecule has 0 saturated carbocycles. The van der Waals surface area contributed by atoms with Gasteiger partial charge in [0.25, 0.3) is 0 Å². The van der Waals surface area contributed by atoms with Gasteiger partial charge in [-0.15, -0.1) is 11.3 Å². The Bertz CT molecular complexity index is 813. The number of aromatic nitrogens is 1. The van der Waals surface area contributed by atoms with Crippen LogP contribution in [0, 0.1) is 11.6 Å². The van der Waals surface area contributed by atoms with Gasteiger partial charge in [-0.25, -0.2) is 13.8 Å². The third kappa shape index (κ3) is 4.52. The number of halogens is 2. The van der Waals surface area contributed by atoms with Crippen molar-refractivity contribution in [2.45, 2.75) is 17.3 Å². The first-order chi connectivity index (χ1) is 11.6. The van der Waals surface area contributed by atoms with Crippen LogP contribution >= 0.6 is 23.1 Å². The van der Waals surface area contributed by atoms with Gasteiger partial charge in [0, 0.05) is 24.8 Å². The van der Waals surface area contributed by atoms with Gasteiger partial charge in [0.1, 0.15) is 11.6 Å². The van der Waals surface area contributed by atoms with Crippen molar-refractivity contribution >= 4 is 39.2 Å². The summed E-state index contributed by atoms with van der Waals surface area (Å²) in [5.41, 5.74) is 1.36. The quantitative estimate of drug-likeness (QED) is 0.660. The molecular formula is C17H14F2N2OS2. The van der Waals surface area contributed by atoms with Gasteiger partial charge in [-0.2, -0.15) is 0 Å². The fourth-order valence-corrected chi connectivity index (χ4v) is 4.22. The molecule has 0 bridgehead atoms. The van der Waals surface area contributed by atoms with Crippen LogP contribution in [0.5, 0.6) is 0 Å². The highest BCUT2D eigenvalue weighted by Crippen LogP contribution is 2.29. The number of carbonyl (C=O) groups excluding carboxylic acids is 1. The summed E-state index contributed by atoms with van der Waals surface area (Å²) in [5, 5.41) is 2.66. The van der Waals surface area contributed by atoms with E-state index in [2.05, 4.69) is 10.3 Å². The number of thioether (sulfide) groups is 1. The van der Waals surface area contributed by atoms with E-state index in [1.54, 1.807) is 11.3 Å². The first-order valence-corrected chi connectivity index (χ1v) is 9.10. The summed E-state index contributed by atoms with van der Waals surface area (Å²) in [5.74, 6) is -0.854. The summed E-state index contributed by atoms with van der Waals surface area (Å²) in [6.45, 7) is 0.110. The number of para-hydroxylation sites is 1. The van der Waals surface area contributed by atoms with Crippen molar-refractivity contribution in [2.24, 2.45) is 0 Å². The second-order valence-corrected chi connectivity index (χ2v) is 7.47. The number of fused-ring (bicyclic) bond motifs is 1. The molecule has 2 aromatic carbocycles. The van der Waals surface area contributed by atoms with Gasteiger partial charge in [0.15, 0.2) is 4.34 Å². The summed E-state index contributed by atoms with van der Waals surface area (Å²) in [7, 11) is 0. The number of rotatable bonds is 6. The number of nitrogens with one attached hydrogen (secondary N) is 1. The molecule has 0 radical (unpaired) electrons. The largest absolute Gasteiger partial charge is 0.352 e. The standard InChI is InChI=1S/C17H14F2N2OS2/c18-12-7-11(8-13(19)9-12)10-20-16(22)5-6-23-17-21-14-3-1-2-4-15(14)24-17/h1-4,7-9H,5-6,10H2,(H,20,22). The van der Waals surface area contributed by atoms with Crippen molar-refractivity contribution in [1.29, 1.82) is 0 Å². The lowest BCUT2D eigenvalue weighted by molar-refractivity contribution is -0.120. The fourth-order valence-electron chi connectivity index (χ4n) is 2.15. The van der Waals surface area contributed by atoms with Crippen LogP contribution in [0.25, 0.3) is 10.2 Å². The van der Waals surface area contributed by atoms with Crippen LogP contribution in [0.3, 0.4) is 0 Å². The number of carbonyl (C=O) groups is 1. The molecule has 124 valence electrons. The van der Waals surface area contributed by atoms with Crippen LogP contribution in [0.2, 0.25) is 0 Å². The van der Waals surface area contributed by atoms with Crippen molar-refractivity contribution in [3.05, 3.63) is 59.7 Å². The molecule has 0 unspecified atom stereocenters. The molecule has 0 fully saturated rings. The Morgan fingerprint density at radius 1 is 1.17 bits per heavy atom. The first kappa shape index (κ1) is 16.9. The van der Waals surface area contributed by atoms with Crippen molar-refractivity contribution < 1.29 is 13.6 Å². The molecule has 0 atom stereocenters. The number of benzene rings is 2. The van der Waals surface area contributed by atoms with Gasteiger partial charge in [-0.3, -0.25) is 4.79 Å². The maximum Gasteiger partial charge on any atom is 0.221 e. The van der Waals surface area contributed by atoms with Crippen LogP contribution in [0.15, 0.2) is 46.8 Å². The summed E-state index contributed by atoms with van der Waals surface area (Å²) >= 11 is 3.13. The number of thiazole rings is 1. The second kappa shape index (κ2) is 7.72. The Labute approximate surface area is 146 Å². The van der Waals surface area contributed by atoms with E-state index < -0.39 is 11.6 Å². The van der Waals surface area contributed by atoms with E-state index in [1.165, 1.54) is 23.9 Å². The van der Waals surface area contributed by atoms with E-state index in [0.717, 1.165) is 20.6 Å². The summed E-state index contributed by atoms with van der Waals surface area (Å²) in [4.78, 5) is 16.3. The Morgan fingerprint density at radius 3 is 2.67 bits per heavy atom. The number of hydrogen-bond acceptors (Lipinski definition) is 4. The molecule has 1 aromatic heterocycles. The van der Waals surface area contributed by atoms with Crippen molar-refractivity contribution in [3.8, 4) is 0 Å². The van der Waals surface area contributed by atoms with Gasteiger partial charge < -0.3 is 5.32 Å². The normalized spacial score (nSPS) is 10.9. The van der Waals surface area contributed by atoms with Crippen LogP contribution in [0.4, 0.5) is 8.78 Å². The topological polar surface area (TPSA) is 42.0 Å². The SMILES string of the molecule is O=C(CCSc1nc2ccccc2s1)NCc1cc(F)cc(F)c1. The number of hydrogen-bond donors (Lipinski definition) is 1. The predicted molar refractivity (Wildman–Crippen MR) is 93.2 cm³/mol. The smallest absolute Gasteiger partial charge is 0.221 e. The maximum absolute atomic E-state index is 13.1. The minimum absolute atomic E-state index is 0.110. The molecule has 0 spiro atoms. The zero-order valence-corrected chi connectivity index (χ0v) is 14.2. The predicted octanol–water partition coefficient (Wildman–Crippen LogP) is 4.37. The zero-order chi connectivity index (χ0) is 16.9. The van der Waals surface area contributed by atoms with E-state index in [9.17, 15) is 13.6 Å². The monoisotopic (exact) mass is 364 g/mol. The highest BCUT2D eigenvalue weighted by Gasteiger charge is 2.07. The minimum Gasteiger partial charge on any atom is -0.352 e. The molecule has 1 N–H and O–H groups in total. The fraction of sp³-hybridized carbons (Fsp3) is 0.176. The Morgan fingerprint density at radius 2 is 1.92 bits per heavy atom. The van der Waals surface area contributed by atoms with E-state index >= 15 is 0 Å². The van der Waals surface area contributed by atoms with E-state index in [-0.39, 0.29) is 12.5 Å². The minimum atomic E-state index is -0.648. The third-order valence-corrected chi connectivity index (χ3v) is 5.42. The van der Waals surface area contributed by atoms with Crippen LogP contribution in [-0.4, -0.2) is 16.6 Å². The molecule has 3 rings (SSSR count). The Kier molecular flexibility index (Phi) is 5.42. The van der Waals surface area contributed by atoms with E-state index in [0.29, 0.717) is 17.7 Å². The lowest BCUT2D eigenvalue weighted by atomic mass is 10.2. The molecule has 0 aliphatic carbocycles. The van der Waals surface area contributed by atoms with Crippen LogP contribution in [0.1, 0.15) is 12.0 Å². The molecular weight excluding hydrogens is 350 g/mol. The van der Waals surface area contributed by atoms with Crippen molar-refractivity contribution in [3.63, 3.8) is 0 Å². The molecule has 0 saturated heterocycles. The highest BCUT2D eigenvalue weighted by molar-refractivity contribution is 8.01. The highest BCUT2D eigenvalue weighted by atomic mass is 32.2. The molecule has 0 aliphatic heterocycles. The second-order valence-electron chi connectivity index (χ2n) is 5.10. The molecule has 0 aliphatic rings. The lowest BCUT2D eigenvalue weighted by Gasteiger charge is -2.05. The molecule has 7 heteroatoms. The maximum atomic E-state index is 13.1. The van der Waals surface area contributed by atoms with Gasteiger partial charge in [-0.1, -0.05) is 23.9 Å². The number of nitrogens with zero attached hydrogens (tertiary/aromatic N) is 1. The average molecular weight is 364 g/mol. The third-order valence-electron chi connectivity index (χ3n) is 3.24. The Hall–Kier alpha value is -1.99. The lowest BCUT2D eigenvalue weighted by Crippen LogP contribution is -2.23. The van der Waals surface area contributed by atoms with Crippen LogP contribution < -0.4 is 5.32 Å². The van der Waals surface area contributed by atoms with E-state index in [1.807, 2.05) is 24.3 Å². The average Bonchev–Trinajstić information content (AvgIpc) is 2.95. The molecule has 24 heavy (non-hydrogen) atoms. The zero-order valence-electron chi connectivity index (χ0n) is 12.6. The van der Waals surface area contributed by atoms with Gasteiger partial charge in [-0.05, 0) is 29.8 Å². The number of amides is 1. The molecule has 3 nitrogen and oxygen atoms in total. The van der Waals surface area contributed by atoms with Gasteiger partial charge >= 0.3 is 0 Å². The van der Waals surface area contributed by atoms with Crippen molar-refractivity contribution in [2.75, 3.05) is 5.75 Å². The molecule has 3 aromatic rings. The first-order valence-electron chi connectivity index (χ1n) is 7.30. The summed E-state index contributed by atoms with van der Waals surface area (Å²) in [6, 6.07) is 11.1. The van der Waals surface area contributed by atoms with E-state index in [4.69, 9.17) is 0 Å². The molecule has 1 heterocycles. The molecule has 1 amide bonds.